The molecule has 5 heteroatoms. The molecule has 0 aliphatic rings. The molecule has 0 saturated carbocycles. The maximum absolute atomic E-state index is 5.81. The van der Waals surface area contributed by atoms with Gasteiger partial charge in [0.05, 0.1) is 17.8 Å². The molecule has 120 valence electrons. The van der Waals surface area contributed by atoms with Crippen LogP contribution in [-0.2, 0) is 0 Å². The van der Waals surface area contributed by atoms with E-state index in [1.807, 2.05) is 18.4 Å². The van der Waals surface area contributed by atoms with Crippen molar-refractivity contribution in [3.63, 3.8) is 0 Å². The maximum Gasteiger partial charge on any atom is 0.183 e. The van der Waals surface area contributed by atoms with Gasteiger partial charge in [0.1, 0.15) is 11.4 Å². The van der Waals surface area contributed by atoms with Crippen LogP contribution in [0.3, 0.4) is 0 Å². The van der Waals surface area contributed by atoms with Gasteiger partial charge in [-0.25, -0.2) is 9.97 Å². The van der Waals surface area contributed by atoms with Gasteiger partial charge in [-0.1, -0.05) is 6.07 Å². The van der Waals surface area contributed by atoms with Crippen molar-refractivity contribution in [1.29, 1.82) is 0 Å². The number of hydrogen-bond donors (Lipinski definition) is 1. The number of aryl methyl sites for hydroxylation is 1. The van der Waals surface area contributed by atoms with Crippen molar-refractivity contribution in [3.05, 3.63) is 35.2 Å². The minimum Gasteiger partial charge on any atom is -0.493 e. The van der Waals surface area contributed by atoms with Crippen LogP contribution in [0, 0.1) is 6.92 Å². The van der Waals surface area contributed by atoms with Gasteiger partial charge in [0.2, 0.25) is 0 Å². The van der Waals surface area contributed by atoms with Crippen molar-refractivity contribution in [2.24, 2.45) is 0 Å². The van der Waals surface area contributed by atoms with Gasteiger partial charge in [0, 0.05) is 22.9 Å². The SMILES string of the molecule is CCOc1cc(-c2csc(NC(C)C)n2)nc2cc(C)ccc12. The van der Waals surface area contributed by atoms with E-state index < -0.39 is 0 Å². The highest BCUT2D eigenvalue weighted by molar-refractivity contribution is 7.14. The summed E-state index contributed by atoms with van der Waals surface area (Å²) in [5, 5.41) is 7.32. The van der Waals surface area contributed by atoms with Crippen molar-refractivity contribution in [2.45, 2.75) is 33.7 Å². The van der Waals surface area contributed by atoms with E-state index in [-0.39, 0.29) is 0 Å². The third-order valence-corrected chi connectivity index (χ3v) is 4.18. The number of pyridine rings is 1. The lowest BCUT2D eigenvalue weighted by molar-refractivity contribution is 0.344. The molecular weight excluding hydrogens is 306 g/mol. The van der Waals surface area contributed by atoms with Crippen LogP contribution in [0.1, 0.15) is 26.3 Å². The summed E-state index contributed by atoms with van der Waals surface area (Å²) >= 11 is 1.60. The molecule has 4 nitrogen and oxygen atoms in total. The van der Waals surface area contributed by atoms with E-state index >= 15 is 0 Å². The first-order valence-corrected chi connectivity index (χ1v) is 8.71. The number of benzene rings is 1. The summed E-state index contributed by atoms with van der Waals surface area (Å²) in [6.07, 6.45) is 0. The second-order valence-electron chi connectivity index (χ2n) is 5.80. The lowest BCUT2D eigenvalue weighted by Gasteiger charge is -2.10. The third-order valence-electron chi connectivity index (χ3n) is 3.41. The van der Waals surface area contributed by atoms with Gasteiger partial charge in [-0.2, -0.15) is 0 Å². The molecule has 0 bridgehead atoms. The van der Waals surface area contributed by atoms with Crippen LogP contribution in [0.25, 0.3) is 22.3 Å². The van der Waals surface area contributed by atoms with Crippen LogP contribution in [0.2, 0.25) is 0 Å². The van der Waals surface area contributed by atoms with Crippen molar-refractivity contribution < 1.29 is 4.74 Å². The fourth-order valence-corrected chi connectivity index (χ4v) is 3.27. The number of nitrogens with one attached hydrogen (secondary N) is 1. The minimum atomic E-state index is 0.361. The summed E-state index contributed by atoms with van der Waals surface area (Å²) in [5.41, 5.74) is 3.85. The highest BCUT2D eigenvalue weighted by Crippen LogP contribution is 2.32. The topological polar surface area (TPSA) is 47.0 Å². The van der Waals surface area contributed by atoms with Crippen LogP contribution in [0.15, 0.2) is 29.6 Å². The Kier molecular flexibility index (Phi) is 4.48. The number of thiazole rings is 1. The monoisotopic (exact) mass is 327 g/mol. The highest BCUT2D eigenvalue weighted by Gasteiger charge is 2.12. The highest BCUT2D eigenvalue weighted by atomic mass is 32.1. The van der Waals surface area contributed by atoms with Crippen LogP contribution in [0.5, 0.6) is 5.75 Å². The van der Waals surface area contributed by atoms with Gasteiger partial charge in [0.25, 0.3) is 0 Å². The molecule has 3 rings (SSSR count). The first-order valence-electron chi connectivity index (χ1n) is 7.83. The molecule has 1 N–H and O–H groups in total. The maximum atomic E-state index is 5.81. The Hall–Kier alpha value is -2.14. The number of anilines is 1. The summed E-state index contributed by atoms with van der Waals surface area (Å²) < 4.78 is 5.81. The molecule has 0 amide bonds. The first kappa shape index (κ1) is 15.7. The summed E-state index contributed by atoms with van der Waals surface area (Å²) in [5.74, 6) is 0.860. The number of rotatable bonds is 5. The fraction of sp³-hybridized carbons (Fsp3) is 0.333. The second kappa shape index (κ2) is 6.54. The van der Waals surface area contributed by atoms with E-state index in [4.69, 9.17) is 9.72 Å². The zero-order valence-corrected chi connectivity index (χ0v) is 14.7. The largest absolute Gasteiger partial charge is 0.493 e. The number of aromatic nitrogens is 2. The number of fused-ring (bicyclic) bond motifs is 1. The fourth-order valence-electron chi connectivity index (χ4n) is 2.42. The summed E-state index contributed by atoms with van der Waals surface area (Å²) in [4.78, 5) is 9.42. The molecule has 23 heavy (non-hydrogen) atoms. The van der Waals surface area contributed by atoms with Gasteiger partial charge >= 0.3 is 0 Å². The van der Waals surface area contributed by atoms with Crippen molar-refractivity contribution in [3.8, 4) is 17.1 Å². The summed E-state index contributed by atoms with van der Waals surface area (Å²) in [7, 11) is 0. The lowest BCUT2D eigenvalue weighted by Crippen LogP contribution is -2.09. The van der Waals surface area contributed by atoms with Crippen LogP contribution >= 0.6 is 11.3 Å². The predicted molar refractivity (Wildman–Crippen MR) is 97.5 cm³/mol. The minimum absolute atomic E-state index is 0.361. The van der Waals surface area contributed by atoms with Crippen LogP contribution < -0.4 is 10.1 Å². The summed E-state index contributed by atoms with van der Waals surface area (Å²) in [6.45, 7) is 8.90. The van der Waals surface area contributed by atoms with Crippen LogP contribution in [-0.4, -0.2) is 22.6 Å². The first-order chi connectivity index (χ1) is 11.1. The average Bonchev–Trinajstić information content (AvgIpc) is 2.94. The van der Waals surface area contributed by atoms with Crippen molar-refractivity contribution in [1.82, 2.24) is 9.97 Å². The molecule has 0 saturated heterocycles. The van der Waals surface area contributed by atoms with Gasteiger partial charge in [-0.05, 0) is 45.4 Å². The Labute approximate surface area is 140 Å². The summed E-state index contributed by atoms with van der Waals surface area (Å²) in [6, 6.07) is 8.58. The molecule has 0 atom stereocenters. The van der Waals surface area contributed by atoms with E-state index in [2.05, 4.69) is 49.3 Å². The van der Waals surface area contributed by atoms with E-state index in [9.17, 15) is 0 Å². The van der Waals surface area contributed by atoms with Crippen molar-refractivity contribution >= 4 is 27.4 Å². The van der Waals surface area contributed by atoms with Gasteiger partial charge in [-0.15, -0.1) is 11.3 Å². The van der Waals surface area contributed by atoms with Gasteiger partial charge < -0.3 is 10.1 Å². The predicted octanol–water partition coefficient (Wildman–Crippen LogP) is 4.89. The molecule has 0 radical (unpaired) electrons. The molecule has 0 aliphatic carbocycles. The Morgan fingerprint density at radius 1 is 1.17 bits per heavy atom. The molecule has 0 spiro atoms. The Morgan fingerprint density at radius 3 is 2.74 bits per heavy atom. The molecule has 0 unspecified atom stereocenters. The molecular formula is C18H21N3OS. The quantitative estimate of drug-likeness (QED) is 0.725. The Balaban J connectivity index is 2.08. The number of ether oxygens (including phenoxy) is 1. The Bertz CT molecular complexity index is 826. The molecule has 0 fully saturated rings. The van der Waals surface area contributed by atoms with Crippen molar-refractivity contribution in [2.75, 3.05) is 11.9 Å². The lowest BCUT2D eigenvalue weighted by atomic mass is 10.1. The molecule has 0 aliphatic heterocycles. The number of nitrogens with zero attached hydrogens (tertiary/aromatic N) is 2. The molecule has 2 aromatic heterocycles. The zero-order valence-electron chi connectivity index (χ0n) is 13.9. The zero-order chi connectivity index (χ0) is 16.4. The van der Waals surface area contributed by atoms with Crippen LogP contribution in [0.4, 0.5) is 5.13 Å². The second-order valence-corrected chi connectivity index (χ2v) is 6.65. The normalized spacial score (nSPS) is 11.2. The molecule has 2 heterocycles. The molecule has 3 aromatic rings. The third kappa shape index (κ3) is 3.45. The smallest absolute Gasteiger partial charge is 0.183 e. The van der Waals surface area contributed by atoms with E-state index in [1.165, 1.54) is 5.56 Å². The van der Waals surface area contributed by atoms with E-state index in [1.54, 1.807) is 11.3 Å². The van der Waals surface area contributed by atoms with Gasteiger partial charge in [-0.3, -0.25) is 0 Å². The van der Waals surface area contributed by atoms with E-state index in [0.717, 1.165) is 33.2 Å². The van der Waals surface area contributed by atoms with Gasteiger partial charge in [0.15, 0.2) is 5.13 Å². The number of hydrogen-bond acceptors (Lipinski definition) is 5. The Morgan fingerprint density at radius 2 is 2.00 bits per heavy atom. The average molecular weight is 327 g/mol. The van der Waals surface area contributed by atoms with E-state index in [0.29, 0.717) is 12.6 Å². The molecule has 1 aromatic carbocycles. The standard InChI is InChI=1S/C18H21N3OS/c1-5-22-17-9-15(16-10-23-18(21-16)19-11(2)3)20-14-8-12(4)6-7-13(14)17/h6-11H,5H2,1-4H3,(H,19,21).